The van der Waals surface area contributed by atoms with Crippen LogP contribution in [0.1, 0.15) is 56.8 Å². The molecule has 6 nitrogen and oxygen atoms in total. The molecular weight excluding hydrogens is 367 g/mol. The van der Waals surface area contributed by atoms with E-state index in [9.17, 15) is 9.59 Å². The van der Waals surface area contributed by atoms with E-state index >= 15 is 0 Å². The second-order valence-electron chi connectivity index (χ2n) is 6.45. The van der Waals surface area contributed by atoms with Crippen molar-refractivity contribution in [3.63, 3.8) is 0 Å². The van der Waals surface area contributed by atoms with Crippen LogP contribution in [0.2, 0.25) is 0 Å². The lowest BCUT2D eigenvalue weighted by molar-refractivity contribution is -0.147. The Labute approximate surface area is 164 Å². The van der Waals surface area contributed by atoms with Crippen LogP contribution in [0.15, 0.2) is 18.2 Å². The molecule has 0 heterocycles. The van der Waals surface area contributed by atoms with Crippen LogP contribution in [0.5, 0.6) is 11.5 Å². The molecule has 0 radical (unpaired) electrons. The highest BCUT2D eigenvalue weighted by atomic mass is 31.0. The molecule has 0 aliphatic rings. The summed E-state index contributed by atoms with van der Waals surface area (Å²) in [5.41, 5.74) is 0.300. The number of ether oxygens (including phenoxy) is 3. The number of ketones is 1. The number of benzene rings is 1. The van der Waals surface area contributed by atoms with Gasteiger partial charge in [-0.1, -0.05) is 39.7 Å². The Bertz CT molecular complexity index is 566. The minimum absolute atomic E-state index is 0.300. The summed E-state index contributed by atoms with van der Waals surface area (Å²) in [4.78, 5) is 25.6. The normalized spacial score (nSPS) is 11.3. The highest BCUT2D eigenvalue weighted by molar-refractivity contribution is 7.00. The maximum Gasteiger partial charge on any atom is 0.316 e. The summed E-state index contributed by atoms with van der Waals surface area (Å²) in [7, 11) is 3.60. The number of rotatable bonds is 11. The molecule has 2 atom stereocenters. The average Bonchev–Trinajstić information content (AvgIpc) is 2.68. The molecule has 27 heavy (non-hydrogen) atoms. The van der Waals surface area contributed by atoms with Crippen molar-refractivity contribution >= 4 is 20.9 Å². The van der Waals surface area contributed by atoms with Crippen molar-refractivity contribution < 1.29 is 28.4 Å². The average molecular weight is 400 g/mol. The van der Waals surface area contributed by atoms with Crippen LogP contribution >= 0.6 is 9.12 Å². The van der Waals surface area contributed by atoms with Crippen molar-refractivity contribution in [1.82, 2.24) is 0 Å². The first-order valence-corrected chi connectivity index (χ1v) is 9.74. The Kier molecular flexibility index (Phi) is 13.3. The zero-order chi connectivity index (χ0) is 20.8. The fraction of sp³-hybridized carbons (Fsp3) is 0.600. The molecule has 0 fully saturated rings. The van der Waals surface area contributed by atoms with E-state index in [0.29, 0.717) is 45.1 Å². The van der Waals surface area contributed by atoms with Crippen LogP contribution in [-0.2, 0) is 14.1 Å². The van der Waals surface area contributed by atoms with Crippen molar-refractivity contribution in [2.75, 3.05) is 20.8 Å². The van der Waals surface area contributed by atoms with Gasteiger partial charge in [0.15, 0.2) is 5.78 Å². The van der Waals surface area contributed by atoms with Gasteiger partial charge in [0.1, 0.15) is 23.0 Å². The van der Waals surface area contributed by atoms with E-state index in [1.807, 2.05) is 6.92 Å². The van der Waals surface area contributed by atoms with E-state index in [4.69, 9.17) is 18.8 Å². The molecule has 0 aromatic heterocycles. The third kappa shape index (κ3) is 8.17. The summed E-state index contributed by atoms with van der Waals surface area (Å²) >= 11 is 0. The van der Waals surface area contributed by atoms with Crippen LogP contribution in [0.3, 0.4) is 0 Å². The molecule has 0 spiro atoms. The van der Waals surface area contributed by atoms with E-state index < -0.39 is 11.9 Å². The summed E-state index contributed by atoms with van der Waals surface area (Å²) in [6, 6.07) is 5.13. The molecule has 0 saturated carbocycles. The van der Waals surface area contributed by atoms with Crippen molar-refractivity contribution in [3.8, 4) is 11.5 Å². The van der Waals surface area contributed by atoms with E-state index in [2.05, 4.69) is 13.8 Å². The number of hydrogen-bond acceptors (Lipinski definition) is 6. The number of esters is 1. The summed E-state index contributed by atoms with van der Waals surface area (Å²) in [5, 5.41) is 0. The maximum absolute atomic E-state index is 13.1. The number of unbranched alkanes of at least 4 members (excludes halogenated alkanes) is 1. The first-order chi connectivity index (χ1) is 13.0. The Morgan fingerprint density at radius 3 is 2.04 bits per heavy atom. The van der Waals surface area contributed by atoms with E-state index in [0.717, 1.165) is 19.3 Å². The Balaban J connectivity index is 0.00000326. The summed E-state index contributed by atoms with van der Waals surface area (Å²) in [6.45, 7) is 6.48. The highest BCUT2D eigenvalue weighted by Gasteiger charge is 2.32. The molecule has 154 valence electrons. The van der Waals surface area contributed by atoms with E-state index in [-0.39, 0.29) is 5.78 Å². The van der Waals surface area contributed by atoms with Gasteiger partial charge in [0, 0.05) is 0 Å². The minimum atomic E-state index is -0.836. The Hall–Kier alpha value is -1.81. The lowest BCUT2D eigenvalue weighted by Gasteiger charge is -2.18. The van der Waals surface area contributed by atoms with Crippen LogP contribution in [-0.4, -0.2) is 32.6 Å². The summed E-state index contributed by atoms with van der Waals surface area (Å²) < 4.78 is 24.2. The topological polar surface area (TPSA) is 78.9 Å². The number of carbonyl (C=O) groups excluding carboxylic acids is 2. The highest BCUT2D eigenvalue weighted by Crippen LogP contribution is 2.32. The second-order valence-corrected chi connectivity index (χ2v) is 6.45. The van der Waals surface area contributed by atoms with Gasteiger partial charge in [-0.2, -0.15) is 0 Å². The molecule has 0 N–H and O–H groups in total. The van der Waals surface area contributed by atoms with Crippen LogP contribution in [0, 0.1) is 11.8 Å². The molecule has 7 heteroatoms. The monoisotopic (exact) mass is 400 g/mol. The predicted octanol–water partition coefficient (Wildman–Crippen LogP) is 4.22. The first-order valence-electron chi connectivity index (χ1n) is 9.16. The van der Waals surface area contributed by atoms with E-state index in [1.165, 1.54) is 14.2 Å². The molecule has 0 bridgehead atoms. The van der Waals surface area contributed by atoms with Gasteiger partial charge in [0.25, 0.3) is 0 Å². The smallest absolute Gasteiger partial charge is 0.316 e. The summed E-state index contributed by atoms with van der Waals surface area (Å²) in [5.74, 6) is -0.366. The van der Waals surface area contributed by atoms with Crippen molar-refractivity contribution in [2.45, 2.75) is 46.5 Å². The maximum atomic E-state index is 13.1. The predicted molar refractivity (Wildman–Crippen MR) is 109 cm³/mol. The molecule has 0 aliphatic carbocycles. The van der Waals surface area contributed by atoms with Gasteiger partial charge < -0.3 is 18.8 Å². The van der Waals surface area contributed by atoms with Gasteiger partial charge >= 0.3 is 5.97 Å². The molecule has 1 aromatic carbocycles. The number of Topliss-reactive ketones (excluding diaryl/α,β-unsaturated/α-hetero) is 1. The number of carbonyl (C=O) groups is 2. The second kappa shape index (κ2) is 14.3. The van der Waals surface area contributed by atoms with Crippen LogP contribution < -0.4 is 9.47 Å². The molecule has 0 saturated heterocycles. The number of hydrogen-bond donors (Lipinski definition) is 0. The van der Waals surface area contributed by atoms with Gasteiger partial charge in [-0.3, -0.25) is 9.59 Å². The lowest BCUT2D eigenvalue weighted by Crippen LogP contribution is -2.27. The lowest BCUT2D eigenvalue weighted by atomic mass is 9.91. The van der Waals surface area contributed by atoms with Crippen LogP contribution in [0.4, 0.5) is 0 Å². The minimum Gasteiger partial charge on any atom is -0.496 e. The molecular formula is C20H33O6P. The first kappa shape index (κ1) is 25.2. The SMILES string of the molecule is CCCCC(C(=O)OCCC(C)C)C(=O)c1c(OC)cccc1OC.O=[PH3]. The van der Waals surface area contributed by atoms with Crippen molar-refractivity contribution in [2.24, 2.45) is 11.8 Å². The van der Waals surface area contributed by atoms with Crippen molar-refractivity contribution in [3.05, 3.63) is 23.8 Å². The quantitative estimate of drug-likeness (QED) is 0.239. The van der Waals surface area contributed by atoms with Crippen LogP contribution in [0.25, 0.3) is 0 Å². The van der Waals surface area contributed by atoms with E-state index in [1.54, 1.807) is 18.2 Å². The third-order valence-electron chi connectivity index (χ3n) is 4.06. The third-order valence-corrected chi connectivity index (χ3v) is 4.06. The number of methoxy groups -OCH3 is 2. The molecule has 0 amide bonds. The van der Waals surface area contributed by atoms with Gasteiger partial charge in [-0.15, -0.1) is 0 Å². The molecule has 1 rings (SSSR count). The molecule has 0 aliphatic heterocycles. The molecule has 1 aromatic rings. The van der Waals surface area contributed by atoms with Gasteiger partial charge in [-0.05, 0) is 30.9 Å². The summed E-state index contributed by atoms with van der Waals surface area (Å²) in [6.07, 6.45) is 2.90. The largest absolute Gasteiger partial charge is 0.496 e. The van der Waals surface area contributed by atoms with Gasteiger partial charge in [0.2, 0.25) is 0 Å². The standard InChI is InChI=1S/C20H30O5.H3OP/c1-6-7-9-15(20(22)25-13-12-14(2)3)19(21)18-16(23-4)10-8-11-17(18)24-5;1-2/h8,10-11,14-15H,6-7,9,12-13H2,1-5H3;2H3. The fourth-order valence-electron chi connectivity index (χ4n) is 2.53. The fourth-order valence-corrected chi connectivity index (χ4v) is 2.53. The molecule has 2 unspecified atom stereocenters. The van der Waals surface area contributed by atoms with Gasteiger partial charge in [-0.25, -0.2) is 0 Å². The Morgan fingerprint density at radius 2 is 1.59 bits per heavy atom. The van der Waals surface area contributed by atoms with Crippen molar-refractivity contribution in [1.29, 1.82) is 0 Å². The zero-order valence-electron chi connectivity index (χ0n) is 17.1. The zero-order valence-corrected chi connectivity index (χ0v) is 18.5. The Morgan fingerprint density at radius 1 is 1.04 bits per heavy atom. The van der Waals surface area contributed by atoms with Gasteiger partial charge in [0.05, 0.1) is 29.9 Å².